The number of hydrogen-bond acceptors (Lipinski definition) is 3. The summed E-state index contributed by atoms with van der Waals surface area (Å²) in [5.41, 5.74) is 0. The minimum Gasteiger partial charge on any atom is -0.341 e. The third-order valence-electron chi connectivity index (χ3n) is 2.99. The standard InChI is InChI=1S/C13H14ClNO3S/c14-10-2-1-3-12(8-10)19(18)9-13(17)15-6-4-11(16)5-7-15/h1-3,8H,4-7,9H2. The summed E-state index contributed by atoms with van der Waals surface area (Å²) in [5, 5.41) is 0.502. The summed E-state index contributed by atoms with van der Waals surface area (Å²) in [4.78, 5) is 25.2. The van der Waals surface area contributed by atoms with Gasteiger partial charge in [0.15, 0.2) is 0 Å². The van der Waals surface area contributed by atoms with Crippen LogP contribution in [0.2, 0.25) is 5.02 Å². The predicted molar refractivity (Wildman–Crippen MR) is 73.5 cm³/mol. The van der Waals surface area contributed by atoms with Crippen LogP contribution < -0.4 is 0 Å². The summed E-state index contributed by atoms with van der Waals surface area (Å²) in [6.07, 6.45) is 0.797. The molecule has 1 amide bonds. The van der Waals surface area contributed by atoms with Crippen LogP contribution in [0.5, 0.6) is 0 Å². The molecule has 0 aliphatic carbocycles. The fourth-order valence-electron chi connectivity index (χ4n) is 1.90. The molecule has 1 aromatic carbocycles. The van der Waals surface area contributed by atoms with Crippen molar-refractivity contribution in [2.45, 2.75) is 17.7 Å². The number of carbonyl (C=O) groups is 2. The van der Waals surface area contributed by atoms with Crippen molar-refractivity contribution in [1.82, 2.24) is 4.90 Å². The van der Waals surface area contributed by atoms with Crippen LogP contribution >= 0.6 is 11.6 Å². The number of benzene rings is 1. The summed E-state index contributed by atoms with van der Waals surface area (Å²) < 4.78 is 12.1. The van der Waals surface area contributed by atoms with Crippen LogP contribution in [-0.2, 0) is 20.4 Å². The number of amides is 1. The van der Waals surface area contributed by atoms with Crippen LogP contribution in [0, 0.1) is 0 Å². The Morgan fingerprint density at radius 3 is 2.63 bits per heavy atom. The van der Waals surface area contributed by atoms with Gasteiger partial charge in [0.2, 0.25) is 5.91 Å². The summed E-state index contributed by atoms with van der Waals surface area (Å²) in [5.74, 6) is -0.0556. The van der Waals surface area contributed by atoms with Crippen molar-refractivity contribution in [3.63, 3.8) is 0 Å². The number of likely N-dealkylation sites (tertiary alicyclic amines) is 1. The Hall–Kier alpha value is -1.20. The van der Waals surface area contributed by atoms with Crippen molar-refractivity contribution in [2.75, 3.05) is 18.8 Å². The minimum atomic E-state index is -1.39. The first kappa shape index (κ1) is 14.2. The number of carbonyl (C=O) groups excluding carboxylic acids is 2. The zero-order valence-electron chi connectivity index (χ0n) is 10.3. The average Bonchev–Trinajstić information content (AvgIpc) is 2.39. The predicted octanol–water partition coefficient (Wildman–Crippen LogP) is 1.64. The van der Waals surface area contributed by atoms with Gasteiger partial charge in [0.05, 0.1) is 10.8 Å². The first-order valence-electron chi connectivity index (χ1n) is 5.99. The Morgan fingerprint density at radius 2 is 2.00 bits per heavy atom. The van der Waals surface area contributed by atoms with Gasteiger partial charge in [-0.15, -0.1) is 0 Å². The monoisotopic (exact) mass is 299 g/mol. The molecule has 0 bridgehead atoms. The van der Waals surface area contributed by atoms with Crippen LogP contribution in [0.3, 0.4) is 0 Å². The lowest BCUT2D eigenvalue weighted by atomic mass is 10.1. The van der Waals surface area contributed by atoms with Crippen molar-refractivity contribution in [2.24, 2.45) is 0 Å². The molecule has 4 nitrogen and oxygen atoms in total. The molecule has 1 aromatic rings. The van der Waals surface area contributed by atoms with Gasteiger partial charge >= 0.3 is 0 Å². The van der Waals surface area contributed by atoms with Crippen LogP contribution in [0.4, 0.5) is 0 Å². The number of Topliss-reactive ketones (excluding diaryl/α,β-unsaturated/α-hetero) is 1. The molecule has 1 heterocycles. The Morgan fingerprint density at radius 1 is 1.32 bits per heavy atom. The number of ketones is 1. The first-order chi connectivity index (χ1) is 9.06. The molecule has 102 valence electrons. The number of halogens is 1. The molecule has 19 heavy (non-hydrogen) atoms. The molecule has 6 heteroatoms. The van der Waals surface area contributed by atoms with Gasteiger partial charge in [-0.2, -0.15) is 0 Å². The molecular formula is C13H14ClNO3S. The Labute approximate surface area is 119 Å². The number of piperidine rings is 1. The molecule has 2 rings (SSSR count). The quantitative estimate of drug-likeness (QED) is 0.852. The smallest absolute Gasteiger partial charge is 0.235 e. The van der Waals surface area contributed by atoms with Crippen LogP contribution in [0.15, 0.2) is 29.2 Å². The maximum atomic E-state index is 12.1. The van der Waals surface area contributed by atoms with E-state index in [-0.39, 0.29) is 17.4 Å². The van der Waals surface area contributed by atoms with E-state index in [2.05, 4.69) is 0 Å². The van der Waals surface area contributed by atoms with E-state index < -0.39 is 10.8 Å². The summed E-state index contributed by atoms with van der Waals surface area (Å²) in [6, 6.07) is 6.69. The summed E-state index contributed by atoms with van der Waals surface area (Å²) >= 11 is 5.82. The molecule has 1 aliphatic rings. The highest BCUT2D eigenvalue weighted by Gasteiger charge is 2.22. The minimum absolute atomic E-state index is 0.0610. The maximum Gasteiger partial charge on any atom is 0.235 e. The SMILES string of the molecule is O=C1CCN(C(=O)CS(=O)c2cccc(Cl)c2)CC1. The maximum absolute atomic E-state index is 12.1. The third kappa shape index (κ3) is 3.88. The Balaban J connectivity index is 1.95. The van der Waals surface area contributed by atoms with Crippen molar-refractivity contribution in [3.05, 3.63) is 29.3 Å². The van der Waals surface area contributed by atoms with Gasteiger partial charge in [-0.1, -0.05) is 17.7 Å². The highest BCUT2D eigenvalue weighted by atomic mass is 35.5. The first-order valence-corrected chi connectivity index (χ1v) is 7.69. The molecule has 1 atom stereocenters. The fourth-order valence-corrected chi connectivity index (χ4v) is 3.22. The van der Waals surface area contributed by atoms with E-state index in [9.17, 15) is 13.8 Å². The molecule has 0 aromatic heterocycles. The van der Waals surface area contributed by atoms with Crippen LogP contribution in [-0.4, -0.2) is 39.6 Å². The van der Waals surface area contributed by atoms with Gasteiger partial charge in [-0.3, -0.25) is 13.8 Å². The highest BCUT2D eigenvalue weighted by molar-refractivity contribution is 7.85. The van der Waals surface area contributed by atoms with Gasteiger partial charge in [-0.25, -0.2) is 0 Å². The van der Waals surface area contributed by atoms with Crippen molar-refractivity contribution in [3.8, 4) is 0 Å². The normalized spacial score (nSPS) is 17.3. The molecule has 0 spiro atoms. The molecule has 1 fully saturated rings. The molecule has 0 N–H and O–H groups in total. The zero-order valence-corrected chi connectivity index (χ0v) is 11.9. The van der Waals surface area contributed by atoms with E-state index in [4.69, 9.17) is 11.6 Å². The summed E-state index contributed by atoms with van der Waals surface area (Å²) in [7, 11) is -1.39. The third-order valence-corrected chi connectivity index (χ3v) is 4.51. The average molecular weight is 300 g/mol. The van der Waals surface area contributed by atoms with Crippen LogP contribution in [0.25, 0.3) is 0 Å². The highest BCUT2D eigenvalue weighted by Crippen LogP contribution is 2.15. The Kier molecular flexibility index (Phi) is 4.71. The molecule has 0 radical (unpaired) electrons. The lowest BCUT2D eigenvalue weighted by molar-refractivity contribution is -0.132. The molecule has 0 saturated carbocycles. The zero-order chi connectivity index (χ0) is 13.8. The van der Waals surface area contributed by atoms with E-state index in [0.29, 0.717) is 35.8 Å². The number of hydrogen-bond donors (Lipinski definition) is 0. The van der Waals surface area contributed by atoms with Gasteiger partial charge in [0.25, 0.3) is 0 Å². The number of rotatable bonds is 3. The van der Waals surface area contributed by atoms with Gasteiger partial charge in [-0.05, 0) is 18.2 Å². The fraction of sp³-hybridized carbons (Fsp3) is 0.385. The molecule has 1 saturated heterocycles. The van der Waals surface area contributed by atoms with E-state index >= 15 is 0 Å². The van der Waals surface area contributed by atoms with E-state index in [0.717, 1.165) is 0 Å². The van der Waals surface area contributed by atoms with E-state index in [1.807, 2.05) is 0 Å². The van der Waals surface area contributed by atoms with Crippen molar-refractivity contribution in [1.29, 1.82) is 0 Å². The van der Waals surface area contributed by atoms with Gasteiger partial charge in [0, 0.05) is 35.8 Å². The van der Waals surface area contributed by atoms with Crippen molar-refractivity contribution >= 4 is 34.1 Å². The topological polar surface area (TPSA) is 54.5 Å². The summed E-state index contributed by atoms with van der Waals surface area (Å²) in [6.45, 7) is 0.870. The second-order valence-electron chi connectivity index (χ2n) is 4.37. The lowest BCUT2D eigenvalue weighted by Crippen LogP contribution is -2.40. The van der Waals surface area contributed by atoms with Gasteiger partial charge < -0.3 is 4.90 Å². The Bertz CT molecular complexity index is 522. The van der Waals surface area contributed by atoms with Gasteiger partial charge in [0.1, 0.15) is 11.5 Å². The second kappa shape index (κ2) is 6.30. The molecule has 1 aliphatic heterocycles. The van der Waals surface area contributed by atoms with Crippen molar-refractivity contribution < 1.29 is 13.8 Å². The van der Waals surface area contributed by atoms with E-state index in [1.54, 1.807) is 29.2 Å². The van der Waals surface area contributed by atoms with E-state index in [1.165, 1.54) is 0 Å². The largest absolute Gasteiger partial charge is 0.341 e. The van der Waals surface area contributed by atoms with Crippen LogP contribution in [0.1, 0.15) is 12.8 Å². The second-order valence-corrected chi connectivity index (χ2v) is 6.25. The lowest BCUT2D eigenvalue weighted by Gasteiger charge is -2.25. The molecular weight excluding hydrogens is 286 g/mol. The molecule has 1 unspecified atom stereocenters. The number of nitrogens with zero attached hydrogens (tertiary/aromatic N) is 1.